The van der Waals surface area contributed by atoms with Gasteiger partial charge in [-0.05, 0) is 72.8 Å². The highest BCUT2D eigenvalue weighted by molar-refractivity contribution is 6.35. The molecule has 42 heavy (non-hydrogen) atoms. The highest BCUT2D eigenvalue weighted by atomic mass is 19.4. The second-order valence-corrected chi connectivity index (χ2v) is 10.5. The number of benzene rings is 3. The molecular weight excluding hydrogens is 543 g/mol. The SMILES string of the molecule is CN1CCN(c2cc(C(=O)Nc3cccc(-c4ccc5c(c4)NC(=O)C5=Cc4ccc[nH]4)c3)cc(C(F)(F)F)c2)CC1. The smallest absolute Gasteiger partial charge is 0.369 e. The standard InChI is InChI=1S/C32H28F3N5O2/c1-39-10-12-40(13-11-39)26-16-22(14-23(18-26)32(33,34)35)30(41)37-25-5-2-4-20(15-25)21-7-8-27-28(19-24-6-3-9-36-24)31(42)38-29(27)17-21/h2-9,14-19,36H,10-13H2,1H3,(H,37,41)(H,38,42). The van der Waals surface area contributed by atoms with E-state index in [1.165, 1.54) is 6.07 Å². The van der Waals surface area contributed by atoms with E-state index in [1.807, 2.05) is 48.3 Å². The first-order valence-corrected chi connectivity index (χ1v) is 13.5. The molecule has 3 aromatic carbocycles. The molecule has 2 aliphatic rings. The minimum Gasteiger partial charge on any atom is -0.369 e. The van der Waals surface area contributed by atoms with Gasteiger partial charge in [0.15, 0.2) is 0 Å². The number of fused-ring (bicyclic) bond motifs is 1. The number of hydrogen-bond donors (Lipinski definition) is 3. The lowest BCUT2D eigenvalue weighted by Gasteiger charge is -2.34. The highest BCUT2D eigenvalue weighted by Gasteiger charge is 2.33. The number of aromatic amines is 1. The van der Waals surface area contributed by atoms with Crippen LogP contribution in [0.25, 0.3) is 22.8 Å². The number of likely N-dealkylation sites (N-methyl/N-ethyl adjacent to an activating group) is 1. The fraction of sp³-hybridized carbons (Fsp3) is 0.188. The molecule has 0 spiro atoms. The van der Waals surface area contributed by atoms with Gasteiger partial charge in [-0.3, -0.25) is 9.59 Å². The number of carbonyl (C=O) groups is 2. The van der Waals surface area contributed by atoms with E-state index in [0.29, 0.717) is 35.7 Å². The molecule has 7 nitrogen and oxygen atoms in total. The normalized spacial score (nSPS) is 16.4. The Balaban J connectivity index is 1.25. The molecular formula is C32H28F3N5O2. The average Bonchev–Trinajstić information content (AvgIpc) is 3.60. The predicted octanol–water partition coefficient (Wildman–Crippen LogP) is 6.20. The summed E-state index contributed by atoms with van der Waals surface area (Å²) in [5, 5.41) is 5.66. The van der Waals surface area contributed by atoms with E-state index in [0.717, 1.165) is 47.6 Å². The molecule has 1 fully saturated rings. The molecule has 4 aromatic rings. The van der Waals surface area contributed by atoms with Crippen LogP contribution in [0.15, 0.2) is 79.0 Å². The second-order valence-electron chi connectivity index (χ2n) is 10.5. The minimum atomic E-state index is -4.59. The maximum absolute atomic E-state index is 13.8. The number of H-pyrrole nitrogens is 1. The van der Waals surface area contributed by atoms with Crippen LogP contribution in [0.4, 0.5) is 30.2 Å². The number of rotatable bonds is 5. The molecule has 0 radical (unpaired) electrons. The zero-order valence-corrected chi connectivity index (χ0v) is 22.8. The third kappa shape index (κ3) is 5.66. The number of carbonyl (C=O) groups excluding carboxylic acids is 2. The number of alkyl halides is 3. The van der Waals surface area contributed by atoms with Gasteiger partial charge in [-0.2, -0.15) is 13.2 Å². The van der Waals surface area contributed by atoms with Crippen molar-refractivity contribution < 1.29 is 22.8 Å². The molecule has 10 heteroatoms. The molecule has 6 rings (SSSR count). The second kappa shape index (κ2) is 10.9. The van der Waals surface area contributed by atoms with Gasteiger partial charge < -0.3 is 25.4 Å². The summed E-state index contributed by atoms with van der Waals surface area (Å²) in [6, 6.07) is 19.9. The molecule has 1 saturated heterocycles. The van der Waals surface area contributed by atoms with Crippen LogP contribution in [0.3, 0.4) is 0 Å². The van der Waals surface area contributed by atoms with Crippen LogP contribution in [0.1, 0.15) is 27.2 Å². The first-order valence-electron chi connectivity index (χ1n) is 13.5. The van der Waals surface area contributed by atoms with Gasteiger partial charge in [0.2, 0.25) is 0 Å². The molecule has 3 heterocycles. The van der Waals surface area contributed by atoms with Gasteiger partial charge in [0, 0.05) is 66.3 Å². The summed E-state index contributed by atoms with van der Waals surface area (Å²) < 4.78 is 41.3. The van der Waals surface area contributed by atoms with Crippen LogP contribution in [0.5, 0.6) is 0 Å². The van der Waals surface area contributed by atoms with Crippen LogP contribution < -0.4 is 15.5 Å². The summed E-state index contributed by atoms with van der Waals surface area (Å²) >= 11 is 0. The highest BCUT2D eigenvalue weighted by Crippen LogP contribution is 2.37. The molecule has 0 saturated carbocycles. The average molecular weight is 572 g/mol. The van der Waals surface area contributed by atoms with Gasteiger partial charge in [0.25, 0.3) is 11.8 Å². The Labute approximate surface area is 240 Å². The topological polar surface area (TPSA) is 80.5 Å². The van der Waals surface area contributed by atoms with Crippen molar-refractivity contribution in [3.05, 3.63) is 101 Å². The maximum Gasteiger partial charge on any atom is 0.416 e. The Morgan fingerprint density at radius 1 is 0.929 bits per heavy atom. The summed E-state index contributed by atoms with van der Waals surface area (Å²) in [7, 11) is 1.97. The third-order valence-corrected chi connectivity index (χ3v) is 7.55. The van der Waals surface area contributed by atoms with Crippen LogP contribution >= 0.6 is 0 Å². The molecule has 0 bridgehead atoms. The fourth-order valence-corrected chi connectivity index (χ4v) is 5.24. The summed E-state index contributed by atoms with van der Waals surface area (Å²) in [5.41, 5.74) is 4.29. The van der Waals surface area contributed by atoms with Crippen molar-refractivity contribution in [2.45, 2.75) is 6.18 Å². The molecule has 0 unspecified atom stereocenters. The largest absolute Gasteiger partial charge is 0.416 e. The Bertz CT molecular complexity index is 1690. The Kier molecular flexibility index (Phi) is 7.07. The zero-order valence-electron chi connectivity index (χ0n) is 22.8. The summed E-state index contributed by atoms with van der Waals surface area (Å²) in [6.07, 6.45) is -1.01. The molecule has 2 amide bonds. The quantitative estimate of drug-likeness (QED) is 0.249. The predicted molar refractivity (Wildman–Crippen MR) is 158 cm³/mol. The van der Waals surface area contributed by atoms with E-state index in [2.05, 4.69) is 20.5 Å². The monoisotopic (exact) mass is 571 g/mol. The van der Waals surface area contributed by atoms with Gasteiger partial charge in [-0.25, -0.2) is 0 Å². The van der Waals surface area contributed by atoms with Gasteiger partial charge >= 0.3 is 6.18 Å². The van der Waals surface area contributed by atoms with Crippen LogP contribution in [0, 0.1) is 0 Å². The van der Waals surface area contributed by atoms with Crippen molar-refractivity contribution in [3.8, 4) is 11.1 Å². The van der Waals surface area contributed by atoms with Crippen molar-refractivity contribution in [2.75, 3.05) is 48.8 Å². The number of anilines is 3. The number of piperazine rings is 1. The zero-order chi connectivity index (χ0) is 29.4. The van der Waals surface area contributed by atoms with Crippen molar-refractivity contribution >= 4 is 40.5 Å². The lowest BCUT2D eigenvalue weighted by atomic mass is 9.99. The Morgan fingerprint density at radius 2 is 1.71 bits per heavy atom. The summed E-state index contributed by atoms with van der Waals surface area (Å²) in [6.45, 7) is 2.60. The van der Waals surface area contributed by atoms with Crippen molar-refractivity contribution in [1.29, 1.82) is 0 Å². The lowest BCUT2D eigenvalue weighted by Crippen LogP contribution is -2.44. The van der Waals surface area contributed by atoms with E-state index in [1.54, 1.807) is 30.5 Å². The van der Waals surface area contributed by atoms with E-state index >= 15 is 0 Å². The van der Waals surface area contributed by atoms with Crippen LogP contribution in [0.2, 0.25) is 0 Å². The van der Waals surface area contributed by atoms with Crippen molar-refractivity contribution in [1.82, 2.24) is 9.88 Å². The molecule has 1 aromatic heterocycles. The number of nitrogens with zero attached hydrogens (tertiary/aromatic N) is 2. The molecule has 0 atom stereocenters. The third-order valence-electron chi connectivity index (χ3n) is 7.55. The maximum atomic E-state index is 13.8. The van der Waals surface area contributed by atoms with Crippen LogP contribution in [-0.4, -0.2) is 54.9 Å². The molecule has 214 valence electrons. The fourth-order valence-electron chi connectivity index (χ4n) is 5.24. The van der Waals surface area contributed by atoms with Crippen LogP contribution in [-0.2, 0) is 11.0 Å². The van der Waals surface area contributed by atoms with E-state index in [9.17, 15) is 22.8 Å². The first kappa shape index (κ1) is 27.3. The van der Waals surface area contributed by atoms with Gasteiger partial charge in [-0.15, -0.1) is 0 Å². The van der Waals surface area contributed by atoms with Gasteiger partial charge in [-0.1, -0.05) is 24.3 Å². The van der Waals surface area contributed by atoms with Crippen molar-refractivity contribution in [2.24, 2.45) is 0 Å². The van der Waals surface area contributed by atoms with Gasteiger partial charge in [0.05, 0.1) is 11.1 Å². The molecule has 0 aliphatic carbocycles. The van der Waals surface area contributed by atoms with E-state index in [4.69, 9.17) is 0 Å². The van der Waals surface area contributed by atoms with Gasteiger partial charge in [0.1, 0.15) is 0 Å². The van der Waals surface area contributed by atoms with E-state index < -0.39 is 17.6 Å². The van der Waals surface area contributed by atoms with E-state index in [-0.39, 0.29) is 11.5 Å². The molecule has 2 aliphatic heterocycles. The number of aromatic nitrogens is 1. The molecule has 3 N–H and O–H groups in total. The Hall–Kier alpha value is -4.83. The first-order chi connectivity index (χ1) is 20.1. The number of nitrogens with one attached hydrogen (secondary N) is 3. The Morgan fingerprint density at radius 3 is 2.45 bits per heavy atom. The summed E-state index contributed by atoms with van der Waals surface area (Å²) in [5.74, 6) is -0.830. The number of amides is 2. The number of hydrogen-bond acceptors (Lipinski definition) is 4. The lowest BCUT2D eigenvalue weighted by molar-refractivity contribution is -0.137. The van der Waals surface area contributed by atoms with Crippen molar-refractivity contribution in [3.63, 3.8) is 0 Å². The number of halogens is 3. The minimum absolute atomic E-state index is 0.0641. The summed E-state index contributed by atoms with van der Waals surface area (Å²) in [4.78, 5) is 32.9.